The Kier molecular flexibility index (Phi) is 6.38. The second kappa shape index (κ2) is 9.13. The van der Waals surface area contributed by atoms with Gasteiger partial charge in [0.15, 0.2) is 5.82 Å². The van der Waals surface area contributed by atoms with Gasteiger partial charge in [0.05, 0.1) is 12.7 Å². The maximum atomic E-state index is 13.8. The quantitative estimate of drug-likeness (QED) is 0.656. The minimum absolute atomic E-state index is 0.110. The molecule has 0 aliphatic heterocycles. The summed E-state index contributed by atoms with van der Waals surface area (Å²) in [5, 5.41) is 6.75. The van der Waals surface area contributed by atoms with E-state index in [9.17, 15) is 18.0 Å². The summed E-state index contributed by atoms with van der Waals surface area (Å²) in [5.41, 5.74) is 0.761. The first-order valence-corrected chi connectivity index (χ1v) is 8.78. The zero-order chi connectivity index (χ0) is 20.8. The molecule has 3 rings (SSSR count). The Morgan fingerprint density at radius 2 is 1.86 bits per heavy atom. The smallest absolute Gasteiger partial charge is 0.317 e. The van der Waals surface area contributed by atoms with E-state index in [0.29, 0.717) is 17.9 Å². The van der Waals surface area contributed by atoms with Gasteiger partial charge in [-0.2, -0.15) is 5.10 Å². The van der Waals surface area contributed by atoms with Crippen molar-refractivity contribution in [1.29, 1.82) is 0 Å². The molecule has 0 radical (unpaired) electrons. The highest BCUT2D eigenvalue weighted by Gasteiger charge is 2.11. The molecule has 1 heterocycles. The number of hydrogen-bond donors (Lipinski definition) is 1. The summed E-state index contributed by atoms with van der Waals surface area (Å²) in [6, 6.07) is 8.50. The largest absolute Gasteiger partial charge is 0.492 e. The van der Waals surface area contributed by atoms with Gasteiger partial charge in [-0.25, -0.2) is 22.6 Å². The van der Waals surface area contributed by atoms with Gasteiger partial charge in [0, 0.05) is 31.4 Å². The number of rotatable bonds is 7. The van der Waals surface area contributed by atoms with E-state index in [-0.39, 0.29) is 30.7 Å². The summed E-state index contributed by atoms with van der Waals surface area (Å²) in [6.07, 6.45) is 3.04. The van der Waals surface area contributed by atoms with Gasteiger partial charge in [0.2, 0.25) is 0 Å². The van der Waals surface area contributed by atoms with E-state index < -0.39 is 11.6 Å². The van der Waals surface area contributed by atoms with Crippen LogP contribution in [0, 0.1) is 17.5 Å². The standard InChI is InChI=1S/C20H19F3N4O2/c1-26(8-9-29-17-5-2-15(21)3-6-17)20(28)24-11-14-12-25-27(13-14)19-7-4-16(22)10-18(19)23/h2-7,10,12-13H,8-9,11H2,1H3,(H,24,28). The molecule has 2 amide bonds. The molecule has 9 heteroatoms. The first-order valence-electron chi connectivity index (χ1n) is 8.78. The summed E-state index contributed by atoms with van der Waals surface area (Å²) in [7, 11) is 1.61. The fourth-order valence-electron chi connectivity index (χ4n) is 2.50. The molecule has 0 aliphatic rings. The lowest BCUT2D eigenvalue weighted by molar-refractivity contribution is 0.195. The van der Waals surface area contributed by atoms with Crippen LogP contribution in [0.2, 0.25) is 0 Å². The van der Waals surface area contributed by atoms with Gasteiger partial charge < -0.3 is 15.0 Å². The average Bonchev–Trinajstić information content (AvgIpc) is 3.16. The van der Waals surface area contributed by atoms with Crippen LogP contribution < -0.4 is 10.1 Å². The molecule has 2 aromatic carbocycles. The van der Waals surface area contributed by atoms with E-state index in [2.05, 4.69) is 10.4 Å². The number of aromatic nitrogens is 2. The SMILES string of the molecule is CN(CCOc1ccc(F)cc1)C(=O)NCc1cnn(-c2ccc(F)cc2F)c1. The van der Waals surface area contributed by atoms with Crippen LogP contribution in [0.25, 0.3) is 5.69 Å². The number of carbonyl (C=O) groups excluding carboxylic acids is 1. The zero-order valence-electron chi connectivity index (χ0n) is 15.6. The van der Waals surface area contributed by atoms with Gasteiger partial charge >= 0.3 is 6.03 Å². The summed E-state index contributed by atoms with van der Waals surface area (Å²) in [6.45, 7) is 0.755. The van der Waals surface area contributed by atoms with Crippen LogP contribution in [-0.2, 0) is 6.54 Å². The first-order chi connectivity index (χ1) is 13.9. The molecule has 0 aliphatic carbocycles. The number of amides is 2. The number of benzene rings is 2. The lowest BCUT2D eigenvalue weighted by Gasteiger charge is -2.18. The highest BCUT2D eigenvalue weighted by Crippen LogP contribution is 2.15. The Bertz CT molecular complexity index is 976. The van der Waals surface area contributed by atoms with E-state index in [1.54, 1.807) is 13.2 Å². The fraction of sp³-hybridized carbons (Fsp3) is 0.200. The van der Waals surface area contributed by atoms with Crippen molar-refractivity contribution < 1.29 is 22.7 Å². The summed E-state index contributed by atoms with van der Waals surface area (Å²) in [5.74, 6) is -1.23. The van der Waals surface area contributed by atoms with E-state index >= 15 is 0 Å². The predicted octanol–water partition coefficient (Wildman–Crippen LogP) is 3.51. The van der Waals surface area contributed by atoms with Crippen molar-refractivity contribution in [3.8, 4) is 11.4 Å². The number of hydrogen-bond acceptors (Lipinski definition) is 3. The Hall–Kier alpha value is -3.49. The topological polar surface area (TPSA) is 59.4 Å². The third kappa shape index (κ3) is 5.50. The molecular formula is C20H19F3N4O2. The molecule has 0 spiro atoms. The van der Waals surface area contributed by atoms with Crippen LogP contribution in [0.1, 0.15) is 5.56 Å². The maximum absolute atomic E-state index is 13.8. The minimum atomic E-state index is -0.732. The Labute approximate surface area is 165 Å². The first kappa shape index (κ1) is 20.2. The number of ether oxygens (including phenoxy) is 1. The molecule has 3 aromatic rings. The van der Waals surface area contributed by atoms with Crippen molar-refractivity contribution in [3.05, 3.63) is 77.9 Å². The average molecular weight is 404 g/mol. The second-order valence-corrected chi connectivity index (χ2v) is 6.27. The van der Waals surface area contributed by atoms with Crippen molar-refractivity contribution in [1.82, 2.24) is 20.0 Å². The van der Waals surface area contributed by atoms with E-state index in [4.69, 9.17) is 4.74 Å². The van der Waals surface area contributed by atoms with Crippen LogP contribution in [0.3, 0.4) is 0 Å². The number of nitrogens with one attached hydrogen (secondary N) is 1. The van der Waals surface area contributed by atoms with Crippen LogP contribution in [-0.4, -0.2) is 40.9 Å². The fourth-order valence-corrected chi connectivity index (χ4v) is 2.50. The number of halogens is 3. The summed E-state index contributed by atoms with van der Waals surface area (Å²) < 4.78 is 46.4. The Morgan fingerprint density at radius 1 is 1.14 bits per heavy atom. The Morgan fingerprint density at radius 3 is 2.59 bits per heavy atom. The van der Waals surface area contributed by atoms with Crippen molar-refractivity contribution in [3.63, 3.8) is 0 Å². The van der Waals surface area contributed by atoms with Gasteiger partial charge in [0.25, 0.3) is 0 Å². The normalized spacial score (nSPS) is 10.6. The second-order valence-electron chi connectivity index (χ2n) is 6.27. The van der Waals surface area contributed by atoms with Crippen LogP contribution in [0.15, 0.2) is 54.9 Å². The van der Waals surface area contributed by atoms with Crippen LogP contribution in [0.4, 0.5) is 18.0 Å². The summed E-state index contributed by atoms with van der Waals surface area (Å²) >= 11 is 0. The lowest BCUT2D eigenvalue weighted by Crippen LogP contribution is -2.39. The van der Waals surface area contributed by atoms with Crippen molar-refractivity contribution in [2.24, 2.45) is 0 Å². The molecular weight excluding hydrogens is 385 g/mol. The lowest BCUT2D eigenvalue weighted by atomic mass is 10.3. The molecule has 29 heavy (non-hydrogen) atoms. The molecule has 0 atom stereocenters. The van der Waals surface area contributed by atoms with E-state index in [1.165, 1.54) is 46.1 Å². The summed E-state index contributed by atoms with van der Waals surface area (Å²) in [4.78, 5) is 13.6. The third-order valence-electron chi connectivity index (χ3n) is 4.09. The molecule has 152 valence electrons. The Balaban J connectivity index is 1.46. The van der Waals surface area contributed by atoms with Crippen LogP contribution in [0.5, 0.6) is 5.75 Å². The van der Waals surface area contributed by atoms with Gasteiger partial charge in [0.1, 0.15) is 29.7 Å². The van der Waals surface area contributed by atoms with E-state index in [0.717, 1.165) is 12.1 Å². The molecule has 0 fully saturated rings. The van der Waals surface area contributed by atoms with E-state index in [1.807, 2.05) is 0 Å². The molecule has 1 N–H and O–H groups in total. The maximum Gasteiger partial charge on any atom is 0.317 e. The predicted molar refractivity (Wildman–Crippen MR) is 100 cm³/mol. The van der Waals surface area contributed by atoms with Crippen molar-refractivity contribution in [2.75, 3.05) is 20.2 Å². The molecule has 0 bridgehead atoms. The number of carbonyl (C=O) groups is 1. The van der Waals surface area contributed by atoms with Crippen molar-refractivity contribution in [2.45, 2.75) is 6.54 Å². The van der Waals surface area contributed by atoms with Gasteiger partial charge in [-0.05, 0) is 36.4 Å². The van der Waals surface area contributed by atoms with Gasteiger partial charge in [-0.3, -0.25) is 0 Å². The molecule has 0 saturated carbocycles. The molecule has 1 aromatic heterocycles. The van der Waals surface area contributed by atoms with Crippen molar-refractivity contribution >= 4 is 6.03 Å². The minimum Gasteiger partial charge on any atom is -0.492 e. The molecule has 6 nitrogen and oxygen atoms in total. The monoisotopic (exact) mass is 404 g/mol. The zero-order valence-corrected chi connectivity index (χ0v) is 15.6. The van der Waals surface area contributed by atoms with Gasteiger partial charge in [-0.15, -0.1) is 0 Å². The highest BCUT2D eigenvalue weighted by molar-refractivity contribution is 5.73. The highest BCUT2D eigenvalue weighted by atomic mass is 19.1. The number of likely N-dealkylation sites (N-methyl/N-ethyl adjacent to an activating group) is 1. The van der Waals surface area contributed by atoms with Gasteiger partial charge in [-0.1, -0.05) is 0 Å². The third-order valence-corrected chi connectivity index (χ3v) is 4.09. The van der Waals surface area contributed by atoms with Crippen LogP contribution >= 0.6 is 0 Å². The number of urea groups is 1. The molecule has 0 saturated heterocycles. The number of nitrogens with zero attached hydrogens (tertiary/aromatic N) is 3. The molecule has 0 unspecified atom stereocenters.